The van der Waals surface area contributed by atoms with Crippen LogP contribution >= 0.6 is 11.9 Å². The number of carbonyl (C=O) groups is 1. The first-order valence-electron chi connectivity index (χ1n) is 7.32. The van der Waals surface area contributed by atoms with Crippen LogP contribution < -0.4 is 4.72 Å². The van der Waals surface area contributed by atoms with Gasteiger partial charge in [-0.25, -0.2) is 9.97 Å². The lowest BCUT2D eigenvalue weighted by atomic mass is 9.87. The van der Waals surface area contributed by atoms with Crippen molar-refractivity contribution >= 4 is 34.7 Å². The second kappa shape index (κ2) is 6.04. The van der Waals surface area contributed by atoms with E-state index in [-0.39, 0.29) is 5.78 Å². The Morgan fingerprint density at radius 3 is 2.65 bits per heavy atom. The lowest BCUT2D eigenvalue weighted by Gasteiger charge is -2.15. The molecular weight excluding hydrogens is 308 g/mol. The number of nitrogens with zero attached hydrogens (tertiary/aromatic N) is 2. The van der Waals surface area contributed by atoms with Crippen molar-refractivity contribution in [1.29, 1.82) is 0 Å². The average molecular weight is 326 g/mol. The maximum atomic E-state index is 12.5. The Hall–Kier alpha value is -2.34. The van der Waals surface area contributed by atoms with Gasteiger partial charge in [-0.2, -0.15) is 0 Å². The highest BCUT2D eigenvalue weighted by Gasteiger charge is 2.26. The van der Waals surface area contributed by atoms with E-state index in [1.807, 2.05) is 51.1 Å². The maximum Gasteiger partial charge on any atom is 0.171 e. The van der Waals surface area contributed by atoms with Gasteiger partial charge in [-0.3, -0.25) is 4.79 Å². The zero-order chi connectivity index (χ0) is 16.4. The van der Waals surface area contributed by atoms with E-state index in [1.54, 1.807) is 12.4 Å². The van der Waals surface area contributed by atoms with Gasteiger partial charge in [0.2, 0.25) is 0 Å². The van der Waals surface area contributed by atoms with Crippen molar-refractivity contribution in [2.24, 2.45) is 5.41 Å². The molecule has 0 fully saturated rings. The molecule has 2 heterocycles. The van der Waals surface area contributed by atoms with Crippen molar-refractivity contribution < 1.29 is 4.79 Å². The lowest BCUT2D eigenvalue weighted by molar-refractivity contribution is 0.0860. The number of benzene rings is 1. The van der Waals surface area contributed by atoms with Crippen LogP contribution in [0.5, 0.6) is 0 Å². The molecule has 23 heavy (non-hydrogen) atoms. The van der Waals surface area contributed by atoms with E-state index in [0.29, 0.717) is 22.5 Å². The number of fused-ring (bicyclic) bond motifs is 1. The van der Waals surface area contributed by atoms with Gasteiger partial charge in [0, 0.05) is 16.5 Å². The molecule has 0 aliphatic carbocycles. The van der Waals surface area contributed by atoms with Crippen molar-refractivity contribution in [1.82, 2.24) is 15.0 Å². The molecule has 0 radical (unpaired) electrons. The minimum absolute atomic E-state index is 0.0471. The Balaban J connectivity index is 1.87. The van der Waals surface area contributed by atoms with Crippen LogP contribution in [0.1, 0.15) is 31.1 Å². The molecule has 0 aliphatic heterocycles. The Morgan fingerprint density at radius 2 is 1.96 bits per heavy atom. The third-order valence-corrected chi connectivity index (χ3v) is 4.14. The SMILES string of the molecule is CC(C)(C)C(=O)c1c[nH]c2ncc(NSc3ccccc3)nc12. The Kier molecular flexibility index (Phi) is 4.09. The summed E-state index contributed by atoms with van der Waals surface area (Å²) in [7, 11) is 0. The molecule has 5 nitrogen and oxygen atoms in total. The number of nitrogens with one attached hydrogen (secondary N) is 2. The van der Waals surface area contributed by atoms with Gasteiger partial charge >= 0.3 is 0 Å². The fraction of sp³-hybridized carbons (Fsp3) is 0.235. The average Bonchev–Trinajstić information content (AvgIpc) is 2.95. The van der Waals surface area contributed by atoms with Crippen LogP contribution in [0.2, 0.25) is 0 Å². The van der Waals surface area contributed by atoms with Gasteiger partial charge in [-0.15, -0.1) is 0 Å². The van der Waals surface area contributed by atoms with Crippen LogP contribution in [0.3, 0.4) is 0 Å². The fourth-order valence-corrected chi connectivity index (χ4v) is 2.73. The first-order valence-corrected chi connectivity index (χ1v) is 8.13. The Morgan fingerprint density at radius 1 is 1.22 bits per heavy atom. The number of carbonyl (C=O) groups excluding carboxylic acids is 1. The number of hydrogen-bond acceptors (Lipinski definition) is 5. The molecule has 0 atom stereocenters. The lowest BCUT2D eigenvalue weighted by Crippen LogP contribution is -2.20. The summed E-state index contributed by atoms with van der Waals surface area (Å²) < 4.78 is 3.17. The van der Waals surface area contributed by atoms with E-state index < -0.39 is 5.41 Å². The van der Waals surface area contributed by atoms with Crippen molar-refractivity contribution in [3.05, 3.63) is 48.3 Å². The molecule has 3 rings (SSSR count). The number of aromatic nitrogens is 3. The summed E-state index contributed by atoms with van der Waals surface area (Å²) in [5, 5.41) is 0. The summed E-state index contributed by atoms with van der Waals surface area (Å²) in [5.41, 5.74) is 1.34. The number of H-pyrrole nitrogens is 1. The van der Waals surface area contributed by atoms with Crippen LogP contribution in [0.15, 0.2) is 47.6 Å². The van der Waals surface area contributed by atoms with Crippen molar-refractivity contribution in [3.8, 4) is 0 Å². The zero-order valence-corrected chi connectivity index (χ0v) is 14.1. The molecule has 3 aromatic rings. The summed E-state index contributed by atoms with van der Waals surface area (Å²) in [4.78, 5) is 25.5. The molecule has 2 aromatic heterocycles. The molecule has 118 valence electrons. The quantitative estimate of drug-likeness (QED) is 0.552. The van der Waals surface area contributed by atoms with E-state index in [4.69, 9.17) is 0 Å². The summed E-state index contributed by atoms with van der Waals surface area (Å²) in [6, 6.07) is 9.94. The second-order valence-electron chi connectivity index (χ2n) is 6.25. The van der Waals surface area contributed by atoms with Crippen molar-refractivity contribution in [2.75, 3.05) is 4.72 Å². The van der Waals surface area contributed by atoms with Crippen molar-refractivity contribution in [2.45, 2.75) is 25.7 Å². The highest BCUT2D eigenvalue weighted by molar-refractivity contribution is 8.00. The molecule has 0 saturated heterocycles. The zero-order valence-electron chi connectivity index (χ0n) is 13.3. The molecular formula is C17H18N4OS. The summed E-state index contributed by atoms with van der Waals surface area (Å²) in [6.07, 6.45) is 3.34. The Labute approximate surface area is 139 Å². The molecule has 0 amide bonds. The second-order valence-corrected chi connectivity index (χ2v) is 7.13. The third kappa shape index (κ3) is 3.37. The molecule has 6 heteroatoms. The van der Waals surface area contributed by atoms with Gasteiger partial charge in [-0.1, -0.05) is 39.0 Å². The van der Waals surface area contributed by atoms with Crippen LogP contribution in [0.4, 0.5) is 5.82 Å². The van der Waals surface area contributed by atoms with Gasteiger partial charge in [0.1, 0.15) is 5.52 Å². The molecule has 0 unspecified atom stereocenters. The number of rotatable bonds is 4. The van der Waals surface area contributed by atoms with Crippen molar-refractivity contribution in [3.63, 3.8) is 0 Å². The largest absolute Gasteiger partial charge is 0.344 e. The number of Topliss-reactive ketones (excluding diaryl/α,β-unsaturated/α-hetero) is 1. The van der Waals surface area contributed by atoms with Crippen LogP contribution in [0, 0.1) is 5.41 Å². The highest BCUT2D eigenvalue weighted by atomic mass is 32.2. The number of hydrogen-bond donors (Lipinski definition) is 2. The molecule has 0 saturated carbocycles. The standard InChI is InChI=1S/C17H18N4OS/c1-17(2,3)15(22)12-9-18-16-14(12)20-13(10-19-16)21-23-11-7-5-4-6-8-11/h4-10H,1-3H3,(H,18,19)(H,20,21). The first-order chi connectivity index (χ1) is 10.9. The monoisotopic (exact) mass is 326 g/mol. The fourth-order valence-electron chi connectivity index (χ4n) is 2.12. The van der Waals surface area contributed by atoms with E-state index in [0.717, 1.165) is 4.90 Å². The van der Waals surface area contributed by atoms with E-state index in [2.05, 4.69) is 19.7 Å². The van der Waals surface area contributed by atoms with Gasteiger partial charge in [0.15, 0.2) is 17.2 Å². The topological polar surface area (TPSA) is 70.7 Å². The van der Waals surface area contributed by atoms with Crippen LogP contribution in [-0.4, -0.2) is 20.7 Å². The van der Waals surface area contributed by atoms with Crippen LogP contribution in [0.25, 0.3) is 11.2 Å². The summed E-state index contributed by atoms with van der Waals surface area (Å²) in [5.74, 6) is 0.667. The Bertz CT molecular complexity index is 837. The van der Waals surface area contributed by atoms with E-state index in [9.17, 15) is 4.79 Å². The normalized spacial score (nSPS) is 11.6. The number of anilines is 1. The highest BCUT2D eigenvalue weighted by Crippen LogP contribution is 2.26. The first kappa shape index (κ1) is 15.6. The maximum absolute atomic E-state index is 12.5. The minimum atomic E-state index is -0.459. The van der Waals surface area contributed by atoms with Gasteiger partial charge in [-0.05, 0) is 24.1 Å². The van der Waals surface area contributed by atoms with E-state index in [1.165, 1.54) is 11.9 Å². The molecule has 0 bridgehead atoms. The van der Waals surface area contributed by atoms with Crippen LogP contribution in [-0.2, 0) is 0 Å². The summed E-state index contributed by atoms with van der Waals surface area (Å²) >= 11 is 1.46. The van der Waals surface area contributed by atoms with Gasteiger partial charge in [0.25, 0.3) is 0 Å². The molecule has 2 N–H and O–H groups in total. The van der Waals surface area contributed by atoms with E-state index >= 15 is 0 Å². The predicted molar refractivity (Wildman–Crippen MR) is 93.6 cm³/mol. The molecule has 1 aromatic carbocycles. The number of aromatic amines is 1. The smallest absolute Gasteiger partial charge is 0.171 e. The predicted octanol–water partition coefficient (Wildman–Crippen LogP) is 4.31. The third-order valence-electron chi connectivity index (χ3n) is 3.32. The minimum Gasteiger partial charge on any atom is -0.344 e. The van der Waals surface area contributed by atoms with Gasteiger partial charge in [0.05, 0.1) is 11.8 Å². The van der Waals surface area contributed by atoms with Gasteiger partial charge < -0.3 is 9.71 Å². The number of ketones is 1. The molecule has 0 spiro atoms. The summed E-state index contributed by atoms with van der Waals surface area (Å²) in [6.45, 7) is 5.69. The molecule has 0 aliphatic rings.